The Kier molecular flexibility index (Phi) is 4.83. The summed E-state index contributed by atoms with van der Waals surface area (Å²) in [6.07, 6.45) is 1.61. The van der Waals surface area contributed by atoms with Crippen molar-refractivity contribution in [3.63, 3.8) is 0 Å². The molecular formula is C15H19BrN2O2. The second kappa shape index (κ2) is 6.41. The summed E-state index contributed by atoms with van der Waals surface area (Å²) < 4.78 is 11.8. The Bertz CT molecular complexity index is 547. The number of nitrogens with one attached hydrogen (secondary N) is 1. The van der Waals surface area contributed by atoms with E-state index in [-0.39, 0.29) is 5.54 Å². The fourth-order valence-corrected chi connectivity index (χ4v) is 1.99. The van der Waals surface area contributed by atoms with E-state index in [1.54, 1.807) is 12.3 Å². The van der Waals surface area contributed by atoms with Crippen molar-refractivity contribution in [3.8, 4) is 5.75 Å². The summed E-state index contributed by atoms with van der Waals surface area (Å²) in [5.41, 5.74) is 1.24. The van der Waals surface area contributed by atoms with E-state index in [9.17, 15) is 0 Å². The number of rotatable bonds is 5. The molecule has 1 heterocycles. The van der Waals surface area contributed by atoms with Crippen molar-refractivity contribution >= 4 is 15.9 Å². The molecule has 0 unspecified atom stereocenters. The van der Waals surface area contributed by atoms with Gasteiger partial charge in [-0.25, -0.2) is 0 Å². The van der Waals surface area contributed by atoms with Gasteiger partial charge in [-0.05, 0) is 44.5 Å². The fourth-order valence-electron chi connectivity index (χ4n) is 1.61. The summed E-state index contributed by atoms with van der Waals surface area (Å²) in [7, 11) is 0. The molecule has 1 aromatic carbocycles. The Hall–Kier alpha value is -1.33. The van der Waals surface area contributed by atoms with Gasteiger partial charge in [-0.15, -0.1) is 0 Å². The van der Waals surface area contributed by atoms with Crippen LogP contribution in [0, 0.1) is 0 Å². The minimum Gasteiger partial charge on any atom is -0.486 e. The summed E-state index contributed by atoms with van der Waals surface area (Å²) in [6.45, 7) is 7.60. The highest BCUT2D eigenvalue weighted by Gasteiger charge is 2.10. The molecule has 1 aromatic heterocycles. The molecule has 0 amide bonds. The Morgan fingerprint density at radius 3 is 2.75 bits per heavy atom. The summed E-state index contributed by atoms with van der Waals surface area (Å²) in [6, 6.07) is 7.75. The predicted octanol–water partition coefficient (Wildman–Crippen LogP) is 3.90. The maximum absolute atomic E-state index is 5.70. The second-order valence-corrected chi connectivity index (χ2v) is 6.48. The fraction of sp³-hybridized carbons (Fsp3) is 0.400. The molecule has 0 spiro atoms. The van der Waals surface area contributed by atoms with Crippen molar-refractivity contribution in [1.29, 1.82) is 0 Å². The third-order valence-electron chi connectivity index (χ3n) is 2.70. The second-order valence-electron chi connectivity index (χ2n) is 5.62. The van der Waals surface area contributed by atoms with Gasteiger partial charge < -0.3 is 14.6 Å². The van der Waals surface area contributed by atoms with Crippen LogP contribution in [0.3, 0.4) is 0 Å². The number of ether oxygens (including phenoxy) is 1. The van der Waals surface area contributed by atoms with Gasteiger partial charge in [0, 0.05) is 22.6 Å². The molecule has 5 heteroatoms. The number of hydrogen-bond acceptors (Lipinski definition) is 4. The number of halogens is 1. The lowest BCUT2D eigenvalue weighted by Gasteiger charge is -2.21. The van der Waals surface area contributed by atoms with Crippen LogP contribution in [0.1, 0.15) is 32.1 Å². The van der Waals surface area contributed by atoms with Crippen LogP contribution >= 0.6 is 15.9 Å². The van der Waals surface area contributed by atoms with Crippen LogP contribution in [-0.4, -0.2) is 10.7 Å². The molecule has 0 saturated carbocycles. The normalized spacial score (nSPS) is 11.6. The first kappa shape index (κ1) is 15.1. The van der Waals surface area contributed by atoms with E-state index in [0.717, 1.165) is 22.3 Å². The Morgan fingerprint density at radius 1 is 1.30 bits per heavy atom. The van der Waals surface area contributed by atoms with Gasteiger partial charge >= 0.3 is 0 Å². The van der Waals surface area contributed by atoms with Crippen LogP contribution < -0.4 is 10.1 Å². The minimum absolute atomic E-state index is 0.0795. The molecule has 0 aliphatic heterocycles. The van der Waals surface area contributed by atoms with Crippen molar-refractivity contribution in [2.24, 2.45) is 0 Å². The van der Waals surface area contributed by atoms with Crippen molar-refractivity contribution in [3.05, 3.63) is 46.3 Å². The van der Waals surface area contributed by atoms with Crippen LogP contribution in [0.15, 0.2) is 39.5 Å². The Balaban J connectivity index is 2.00. The van der Waals surface area contributed by atoms with E-state index < -0.39 is 0 Å². The van der Waals surface area contributed by atoms with Gasteiger partial charge in [0.25, 0.3) is 0 Å². The molecule has 2 rings (SSSR count). The Labute approximate surface area is 127 Å². The van der Waals surface area contributed by atoms with Crippen molar-refractivity contribution in [2.45, 2.75) is 39.5 Å². The molecule has 20 heavy (non-hydrogen) atoms. The third kappa shape index (κ3) is 4.65. The van der Waals surface area contributed by atoms with E-state index in [1.165, 1.54) is 0 Å². The van der Waals surface area contributed by atoms with Gasteiger partial charge in [-0.1, -0.05) is 21.1 Å². The van der Waals surface area contributed by atoms with Crippen LogP contribution in [0.25, 0.3) is 0 Å². The molecule has 108 valence electrons. The Morgan fingerprint density at radius 2 is 2.10 bits per heavy atom. The first-order valence-corrected chi connectivity index (χ1v) is 7.29. The van der Waals surface area contributed by atoms with E-state index in [1.807, 2.05) is 18.2 Å². The quantitative estimate of drug-likeness (QED) is 0.897. The highest BCUT2D eigenvalue weighted by Crippen LogP contribution is 2.23. The molecule has 0 radical (unpaired) electrons. The van der Waals surface area contributed by atoms with Gasteiger partial charge in [-0.3, -0.25) is 0 Å². The number of hydrogen-bond donors (Lipinski definition) is 1. The maximum Gasteiger partial charge on any atom is 0.174 e. The maximum atomic E-state index is 5.70. The SMILES string of the molecule is CC(C)(C)NCc1cc(OCc2ccno2)ccc1Br. The van der Waals surface area contributed by atoms with E-state index in [4.69, 9.17) is 9.26 Å². The lowest BCUT2D eigenvalue weighted by Crippen LogP contribution is -2.35. The van der Waals surface area contributed by atoms with Gasteiger partial charge in [0.05, 0.1) is 6.20 Å². The largest absolute Gasteiger partial charge is 0.486 e. The van der Waals surface area contributed by atoms with Crippen molar-refractivity contribution in [1.82, 2.24) is 10.5 Å². The minimum atomic E-state index is 0.0795. The molecule has 0 atom stereocenters. The standard InChI is InChI=1S/C15H19BrN2O2/c1-15(2,3)17-9-11-8-12(4-5-14(11)16)19-10-13-6-7-18-20-13/h4-8,17H,9-10H2,1-3H3. The molecular weight excluding hydrogens is 320 g/mol. The van der Waals surface area contributed by atoms with Crippen molar-refractivity contribution in [2.75, 3.05) is 0 Å². The molecule has 0 bridgehead atoms. The zero-order chi connectivity index (χ0) is 14.6. The van der Waals surface area contributed by atoms with Gasteiger partial charge in [-0.2, -0.15) is 0 Å². The molecule has 1 N–H and O–H groups in total. The molecule has 0 aliphatic rings. The zero-order valence-corrected chi connectivity index (χ0v) is 13.5. The average molecular weight is 339 g/mol. The molecule has 0 saturated heterocycles. The smallest absolute Gasteiger partial charge is 0.174 e. The summed E-state index contributed by atoms with van der Waals surface area (Å²) in [5, 5.41) is 7.11. The van der Waals surface area contributed by atoms with Crippen molar-refractivity contribution < 1.29 is 9.26 Å². The highest BCUT2D eigenvalue weighted by atomic mass is 79.9. The van der Waals surface area contributed by atoms with E-state index >= 15 is 0 Å². The predicted molar refractivity (Wildman–Crippen MR) is 81.6 cm³/mol. The monoisotopic (exact) mass is 338 g/mol. The molecule has 0 fully saturated rings. The number of nitrogens with zero attached hydrogens (tertiary/aromatic N) is 1. The highest BCUT2D eigenvalue weighted by molar-refractivity contribution is 9.10. The summed E-state index contributed by atoms with van der Waals surface area (Å²) in [5.74, 6) is 1.53. The average Bonchev–Trinajstić information content (AvgIpc) is 2.88. The zero-order valence-electron chi connectivity index (χ0n) is 11.9. The lowest BCUT2D eigenvalue weighted by molar-refractivity contribution is 0.249. The van der Waals surface area contributed by atoms with E-state index in [0.29, 0.717) is 12.4 Å². The van der Waals surface area contributed by atoms with E-state index in [2.05, 4.69) is 47.2 Å². The topological polar surface area (TPSA) is 47.3 Å². The number of aromatic nitrogens is 1. The molecule has 2 aromatic rings. The van der Waals surface area contributed by atoms with Crippen LogP contribution in [0.2, 0.25) is 0 Å². The first-order valence-electron chi connectivity index (χ1n) is 6.50. The molecule has 0 aliphatic carbocycles. The van der Waals surface area contributed by atoms with Crippen LogP contribution in [0.4, 0.5) is 0 Å². The summed E-state index contributed by atoms with van der Waals surface area (Å²) >= 11 is 3.56. The third-order valence-corrected chi connectivity index (χ3v) is 3.47. The van der Waals surface area contributed by atoms with Gasteiger partial charge in [0.15, 0.2) is 5.76 Å². The van der Waals surface area contributed by atoms with Gasteiger partial charge in [0.1, 0.15) is 12.4 Å². The molecule has 4 nitrogen and oxygen atoms in total. The summed E-state index contributed by atoms with van der Waals surface area (Å²) in [4.78, 5) is 0. The van der Waals surface area contributed by atoms with Gasteiger partial charge in [0.2, 0.25) is 0 Å². The number of benzene rings is 1. The lowest BCUT2D eigenvalue weighted by atomic mass is 10.1. The van der Waals surface area contributed by atoms with Crippen LogP contribution in [-0.2, 0) is 13.2 Å². The first-order chi connectivity index (χ1) is 9.44. The van der Waals surface area contributed by atoms with Crippen LogP contribution in [0.5, 0.6) is 5.75 Å².